The molecule has 13 nitrogen and oxygen atoms in total. The van der Waals surface area contributed by atoms with Crippen LogP contribution in [0.25, 0.3) is 11.1 Å². The maximum absolute atomic E-state index is 15.4. The van der Waals surface area contributed by atoms with Crippen LogP contribution in [-0.2, 0) is 24.6 Å². The van der Waals surface area contributed by atoms with Crippen molar-refractivity contribution in [1.82, 2.24) is 24.9 Å². The third kappa shape index (κ3) is 10.6. The summed E-state index contributed by atoms with van der Waals surface area (Å²) in [6.45, 7) is 9.40. The number of guanidine groups is 1. The smallest absolute Gasteiger partial charge is 0.414 e. The number of halogens is 3. The lowest BCUT2D eigenvalue weighted by Crippen LogP contribution is -2.50. The van der Waals surface area contributed by atoms with Crippen LogP contribution in [0.1, 0.15) is 108 Å². The molecule has 1 N–H and O–H groups in total. The van der Waals surface area contributed by atoms with E-state index in [0.29, 0.717) is 32.8 Å². The minimum absolute atomic E-state index is 0.0432. The van der Waals surface area contributed by atoms with Gasteiger partial charge >= 0.3 is 18.6 Å². The molecule has 2 heterocycles. The van der Waals surface area contributed by atoms with Crippen molar-refractivity contribution in [3.63, 3.8) is 0 Å². The fourth-order valence-corrected chi connectivity index (χ4v) is 6.58. The van der Waals surface area contributed by atoms with E-state index in [4.69, 9.17) is 26.1 Å². The molecule has 57 heavy (non-hydrogen) atoms. The molecule has 2 aliphatic rings. The fourth-order valence-electron chi connectivity index (χ4n) is 6.38. The summed E-state index contributed by atoms with van der Waals surface area (Å²) in [5.41, 5.74) is -1.24. The average molecular weight is 810 g/mol. The Morgan fingerprint density at radius 1 is 1.05 bits per heavy atom. The number of alkyl carbamates (subject to hydrolysis) is 1. The summed E-state index contributed by atoms with van der Waals surface area (Å²) in [7, 11) is 3.48. The Kier molecular flexibility index (Phi) is 12.6. The average Bonchev–Trinajstić information content (AvgIpc) is 3.69. The van der Waals surface area contributed by atoms with Crippen molar-refractivity contribution in [2.75, 3.05) is 20.7 Å². The van der Waals surface area contributed by atoms with E-state index >= 15 is 4.79 Å². The summed E-state index contributed by atoms with van der Waals surface area (Å²) in [6.07, 6.45) is 3.84. The van der Waals surface area contributed by atoms with E-state index in [2.05, 4.69) is 15.4 Å². The molecule has 1 fully saturated rings. The molecule has 1 saturated carbocycles. The number of carbonyl (C=O) groups excluding carboxylic acids is 4. The number of hydrogen-bond acceptors (Lipinski definition) is 8. The quantitative estimate of drug-likeness (QED) is 0.116. The third-order valence-electron chi connectivity index (χ3n) is 9.38. The van der Waals surface area contributed by atoms with Crippen LogP contribution in [0.3, 0.4) is 0 Å². The third-order valence-corrected chi connectivity index (χ3v) is 9.71. The Morgan fingerprint density at radius 3 is 2.28 bits per heavy atom. The maximum Gasteiger partial charge on any atom is 0.414 e. The van der Waals surface area contributed by atoms with Gasteiger partial charge in [-0.3, -0.25) is 24.6 Å². The Labute approximate surface area is 336 Å². The molecule has 3 amide bonds. The number of aliphatic imine (C=N–C) groups is 2. The number of aromatic nitrogens is 2. The lowest BCUT2D eigenvalue weighted by atomic mass is 9.75. The standard InChI is InChI=1S/C41H50ClF2N7O6/c1-24(49(8)9)46-34(53)30-19-27(14-17-31(30)42)32(22-56-33(52)18-25-10-11-25)51-35(54)41(23-39(2,3)4,48-37(51)47-38(55)57-40(5,6)7)29-15-12-26(13-16-29)28-20-45-50(21-28)36(43)44/h12-17,19-21,25,32,36H,10-11,18,22-23H2,1-9H3,(H,47,48,55)/t32-,41-/m1/s1. The van der Waals surface area contributed by atoms with Crippen LogP contribution in [0, 0.1) is 11.3 Å². The van der Waals surface area contributed by atoms with Gasteiger partial charge in [0.25, 0.3) is 11.8 Å². The van der Waals surface area contributed by atoms with Gasteiger partial charge in [-0.2, -0.15) is 18.9 Å². The van der Waals surface area contributed by atoms with Gasteiger partial charge in [-0.1, -0.05) is 62.7 Å². The van der Waals surface area contributed by atoms with Crippen molar-refractivity contribution < 1.29 is 37.4 Å². The molecule has 2 aromatic carbocycles. The van der Waals surface area contributed by atoms with Crippen LogP contribution in [0.2, 0.25) is 5.02 Å². The van der Waals surface area contributed by atoms with Gasteiger partial charge < -0.3 is 14.4 Å². The van der Waals surface area contributed by atoms with Crippen LogP contribution in [-0.4, -0.2) is 81.6 Å². The number of esters is 1. The monoisotopic (exact) mass is 809 g/mol. The maximum atomic E-state index is 15.4. The molecule has 0 unspecified atom stereocenters. The van der Waals surface area contributed by atoms with Crippen molar-refractivity contribution in [1.29, 1.82) is 0 Å². The number of carbonyl (C=O) groups is 4. The SMILES string of the molecule is CC(=NC(=O)c1cc([C@@H](COC(=O)CC2CC2)N2C(=O)[C@@](CC(C)(C)C)(c3ccc(-c4cnn(C(F)F)c4)cc3)N=C2NC(=O)OC(C)(C)C)ccc1Cl)N(C)C. The number of alkyl halides is 2. The highest BCUT2D eigenvalue weighted by Gasteiger charge is 2.54. The van der Waals surface area contributed by atoms with Gasteiger partial charge in [-0.25, -0.2) is 14.5 Å². The molecule has 0 bridgehead atoms. The Balaban J connectivity index is 1.67. The molecule has 3 aromatic rings. The second-order valence-electron chi connectivity index (χ2n) is 16.8. The Morgan fingerprint density at radius 2 is 1.72 bits per heavy atom. The zero-order chi connectivity index (χ0) is 42.0. The minimum Gasteiger partial charge on any atom is -0.463 e. The number of benzene rings is 2. The molecule has 1 aliphatic carbocycles. The summed E-state index contributed by atoms with van der Waals surface area (Å²) in [5, 5.41) is 6.54. The second kappa shape index (κ2) is 16.7. The molecule has 16 heteroatoms. The number of hydrogen-bond donors (Lipinski definition) is 1. The lowest BCUT2D eigenvalue weighted by molar-refractivity contribution is -0.148. The van der Waals surface area contributed by atoms with Crippen LogP contribution in [0.5, 0.6) is 0 Å². The zero-order valence-corrected chi connectivity index (χ0v) is 34.5. The zero-order valence-electron chi connectivity index (χ0n) is 33.7. The van der Waals surface area contributed by atoms with Crippen molar-refractivity contribution in [3.05, 3.63) is 76.6 Å². The molecule has 0 spiro atoms. The van der Waals surface area contributed by atoms with Crippen LogP contribution < -0.4 is 5.32 Å². The topological polar surface area (TPSA) is 148 Å². The van der Waals surface area contributed by atoms with E-state index in [1.165, 1.54) is 29.4 Å². The van der Waals surface area contributed by atoms with Crippen LogP contribution >= 0.6 is 11.6 Å². The largest absolute Gasteiger partial charge is 0.463 e. The highest BCUT2D eigenvalue weighted by Crippen LogP contribution is 2.46. The summed E-state index contributed by atoms with van der Waals surface area (Å²) >= 11 is 6.56. The molecule has 1 aromatic heterocycles. The van der Waals surface area contributed by atoms with Crippen LogP contribution in [0.15, 0.2) is 64.8 Å². The number of ether oxygens (including phenoxy) is 2. The minimum atomic E-state index is -2.81. The Hall–Kier alpha value is -5.18. The van der Waals surface area contributed by atoms with Gasteiger partial charge in [0.15, 0.2) is 5.54 Å². The molecular formula is C41H50ClF2N7O6. The van der Waals surface area contributed by atoms with Crippen molar-refractivity contribution in [2.24, 2.45) is 21.3 Å². The first-order valence-corrected chi connectivity index (χ1v) is 19.0. The highest BCUT2D eigenvalue weighted by atomic mass is 35.5. The van der Waals surface area contributed by atoms with Gasteiger partial charge in [0.1, 0.15) is 18.0 Å². The summed E-state index contributed by atoms with van der Waals surface area (Å²) in [5.74, 6) is -1.18. The van der Waals surface area contributed by atoms with E-state index in [1.807, 2.05) is 20.8 Å². The first-order valence-electron chi connectivity index (χ1n) is 18.7. The first-order chi connectivity index (χ1) is 26.6. The predicted octanol–water partition coefficient (Wildman–Crippen LogP) is 8.16. The molecule has 1 aliphatic heterocycles. The normalized spacial score (nSPS) is 18.1. The molecule has 0 saturated heterocycles. The predicted molar refractivity (Wildman–Crippen MR) is 212 cm³/mol. The number of nitrogens with one attached hydrogen (secondary N) is 1. The van der Waals surface area contributed by atoms with Gasteiger partial charge in [-0.15, -0.1) is 0 Å². The van der Waals surface area contributed by atoms with E-state index in [-0.39, 0.29) is 41.9 Å². The van der Waals surface area contributed by atoms with Crippen molar-refractivity contribution in [3.8, 4) is 11.1 Å². The fraction of sp³-hybridized carbons (Fsp3) is 0.488. The molecule has 306 valence electrons. The van der Waals surface area contributed by atoms with E-state index in [0.717, 1.165) is 12.8 Å². The number of amides is 3. The molecule has 0 radical (unpaired) electrons. The van der Waals surface area contributed by atoms with Gasteiger partial charge in [0, 0.05) is 32.3 Å². The van der Waals surface area contributed by atoms with Gasteiger partial charge in [-0.05, 0) is 87.1 Å². The molecule has 5 rings (SSSR count). The molecular weight excluding hydrogens is 760 g/mol. The Bertz CT molecular complexity index is 2070. The van der Waals surface area contributed by atoms with Gasteiger partial charge in [0.2, 0.25) is 5.96 Å². The van der Waals surface area contributed by atoms with Crippen molar-refractivity contribution in [2.45, 2.75) is 97.9 Å². The lowest BCUT2D eigenvalue weighted by Gasteiger charge is -2.35. The summed E-state index contributed by atoms with van der Waals surface area (Å²) in [6, 6.07) is 10.2. The first kappa shape index (κ1) is 43.0. The van der Waals surface area contributed by atoms with E-state index in [1.54, 1.807) is 77.0 Å². The number of rotatable bonds is 11. The van der Waals surface area contributed by atoms with Crippen LogP contribution in [0.4, 0.5) is 13.6 Å². The highest BCUT2D eigenvalue weighted by molar-refractivity contribution is 6.34. The van der Waals surface area contributed by atoms with Crippen molar-refractivity contribution >= 4 is 47.3 Å². The molecule has 2 atom stereocenters. The number of amidine groups is 1. The second-order valence-corrected chi connectivity index (χ2v) is 17.3. The van der Waals surface area contributed by atoms with E-state index < -0.39 is 53.0 Å². The summed E-state index contributed by atoms with van der Waals surface area (Å²) < 4.78 is 38.6. The van der Waals surface area contributed by atoms with Gasteiger partial charge in [0.05, 0.1) is 22.8 Å². The van der Waals surface area contributed by atoms with E-state index in [9.17, 15) is 23.2 Å². The number of nitrogens with zero attached hydrogens (tertiary/aromatic N) is 6. The summed E-state index contributed by atoms with van der Waals surface area (Å²) in [4.78, 5) is 67.6.